The number of carbonyl (C=O) groups is 3. The zero-order valence-electron chi connectivity index (χ0n) is 38.5. The third-order valence-electron chi connectivity index (χ3n) is 16.5. The van der Waals surface area contributed by atoms with Gasteiger partial charge in [-0.25, -0.2) is 0 Å². The van der Waals surface area contributed by atoms with Gasteiger partial charge in [0.2, 0.25) is 0 Å². The van der Waals surface area contributed by atoms with Crippen LogP contribution in [0.5, 0.6) is 0 Å². The van der Waals surface area contributed by atoms with E-state index in [1.54, 1.807) is 21.3 Å². The number of fused-ring (bicyclic) bond motifs is 8. The smallest absolute Gasteiger partial charge is 0.306 e. The second-order valence-electron chi connectivity index (χ2n) is 19.9. The number of hydrogen-bond donors (Lipinski definition) is 0. The molecule has 0 radical (unpaired) electrons. The molecule has 3 saturated carbocycles. The molecule has 20 atom stereocenters. The van der Waals surface area contributed by atoms with Crippen molar-refractivity contribution < 1.29 is 52.3 Å². The van der Waals surface area contributed by atoms with Crippen LogP contribution in [0.3, 0.4) is 0 Å². The molecule has 62 heavy (non-hydrogen) atoms. The summed E-state index contributed by atoms with van der Waals surface area (Å²) in [7, 11) is 9.13. The van der Waals surface area contributed by atoms with Crippen molar-refractivity contribution in [3.05, 3.63) is 47.5 Å². The van der Waals surface area contributed by atoms with Crippen molar-refractivity contribution in [2.75, 3.05) is 35.4 Å². The van der Waals surface area contributed by atoms with Crippen molar-refractivity contribution in [3.8, 4) is 0 Å². The number of allylic oxidation sites excluding steroid dienone is 2. The largest absolute Gasteiger partial charge is 0.462 e. The molecule has 7 aliphatic rings. The average Bonchev–Trinajstić information content (AvgIpc) is 3.95. The molecular weight excluding hydrogens is 791 g/mol. The van der Waals surface area contributed by atoms with Crippen molar-refractivity contribution in [1.29, 1.82) is 0 Å². The number of Topliss-reactive ketones (excluding diaryl/α,β-unsaturated/α-hetero) is 2. The number of esters is 1. The first-order valence-corrected chi connectivity index (χ1v) is 23.8. The van der Waals surface area contributed by atoms with E-state index in [-0.39, 0.29) is 108 Å². The van der Waals surface area contributed by atoms with E-state index < -0.39 is 30.5 Å². The fourth-order valence-corrected chi connectivity index (χ4v) is 13.5. The molecule has 1 aromatic rings. The monoisotopic (exact) mass is 864 g/mol. The Bertz CT molecular complexity index is 1750. The molecule has 1 aromatic carbocycles. The maximum atomic E-state index is 15.3. The van der Waals surface area contributed by atoms with Gasteiger partial charge in [-0.2, -0.15) is 0 Å². The van der Waals surface area contributed by atoms with Crippen LogP contribution >= 0.6 is 0 Å². The molecule has 8 rings (SSSR count). The van der Waals surface area contributed by atoms with E-state index in [0.29, 0.717) is 30.9 Å². The Kier molecular flexibility index (Phi) is 14.5. The molecule has 3 heterocycles. The fourth-order valence-electron chi connectivity index (χ4n) is 13.5. The van der Waals surface area contributed by atoms with Gasteiger partial charge in [0.25, 0.3) is 0 Å². The Labute approximate surface area is 369 Å². The Hall–Kier alpha value is -2.55. The molecule has 0 amide bonds. The summed E-state index contributed by atoms with van der Waals surface area (Å²) in [5.41, 5.74) is 1.71. The predicted octanol–water partition coefficient (Wildman–Crippen LogP) is 6.92. The summed E-state index contributed by atoms with van der Waals surface area (Å²) in [4.78, 5) is 46.7. The molecule has 3 saturated heterocycles. The van der Waals surface area contributed by atoms with E-state index in [0.717, 1.165) is 44.1 Å². The SMILES string of the molecule is CC[C@H]1CCC[C@H](O[C@H]2CC[C@H](N(C)C)C(C)O2)[C@@H](C)C(=O)C2=C[C@H]3[C@@H]4C[C@H](O[C@@H]5OC(C)[C@H](OC)C(OC)[C@@H]5OC)C[C@H]4C4CC(c5ccccc5)C(=O)C4[C@H]3[C@@H]2CC(=O)O1. The molecule has 0 aromatic heterocycles. The van der Waals surface area contributed by atoms with Crippen LogP contribution in [0.2, 0.25) is 0 Å². The quantitative estimate of drug-likeness (QED) is 0.227. The highest BCUT2D eigenvalue weighted by Gasteiger charge is 2.64. The number of methoxy groups -OCH3 is 3. The van der Waals surface area contributed by atoms with Crippen molar-refractivity contribution in [3.63, 3.8) is 0 Å². The summed E-state index contributed by atoms with van der Waals surface area (Å²) < 4.78 is 50.6. The third-order valence-corrected chi connectivity index (χ3v) is 16.5. The number of carbonyl (C=O) groups excluding carboxylic acids is 3. The Morgan fingerprint density at radius 3 is 2.18 bits per heavy atom. The molecule has 12 heteroatoms. The zero-order chi connectivity index (χ0) is 44.0. The minimum absolute atomic E-state index is 0.00385. The second-order valence-corrected chi connectivity index (χ2v) is 19.9. The lowest BCUT2D eigenvalue weighted by Gasteiger charge is -2.46. The summed E-state index contributed by atoms with van der Waals surface area (Å²) in [6, 6.07) is 10.4. The minimum atomic E-state index is -0.673. The first-order valence-electron chi connectivity index (χ1n) is 23.8. The molecule has 3 aliphatic heterocycles. The molecule has 6 fully saturated rings. The van der Waals surface area contributed by atoms with Crippen LogP contribution in [0, 0.1) is 47.3 Å². The number of ketones is 2. The number of likely N-dealkylation sites (N-methyl/N-ethyl adjacent to an activating group) is 1. The van der Waals surface area contributed by atoms with Crippen molar-refractivity contribution >= 4 is 17.5 Å². The zero-order valence-corrected chi connectivity index (χ0v) is 38.5. The molecule has 12 nitrogen and oxygen atoms in total. The number of nitrogens with zero attached hydrogens (tertiary/aromatic N) is 1. The van der Waals surface area contributed by atoms with E-state index in [9.17, 15) is 4.79 Å². The topological polar surface area (TPSA) is 128 Å². The highest BCUT2D eigenvalue weighted by Crippen LogP contribution is 2.65. The van der Waals surface area contributed by atoms with Gasteiger partial charge in [0.15, 0.2) is 18.4 Å². The van der Waals surface area contributed by atoms with Crippen LogP contribution in [-0.4, -0.2) is 125 Å². The lowest BCUT2D eigenvalue weighted by atomic mass is 9.57. The van der Waals surface area contributed by atoms with Crippen molar-refractivity contribution in [2.45, 2.75) is 165 Å². The highest BCUT2D eigenvalue weighted by atomic mass is 16.7. The summed E-state index contributed by atoms with van der Waals surface area (Å²) in [6.45, 7) is 8.13. The van der Waals surface area contributed by atoms with Crippen molar-refractivity contribution in [2.24, 2.45) is 47.3 Å². The minimum Gasteiger partial charge on any atom is -0.462 e. The predicted molar refractivity (Wildman–Crippen MR) is 231 cm³/mol. The van der Waals surface area contributed by atoms with Gasteiger partial charge in [-0.1, -0.05) is 50.3 Å². The molecule has 0 bridgehead atoms. The van der Waals surface area contributed by atoms with Gasteiger partial charge in [0.05, 0.1) is 30.8 Å². The van der Waals surface area contributed by atoms with Crippen LogP contribution in [0.1, 0.15) is 103 Å². The first kappa shape index (κ1) is 46.0. The van der Waals surface area contributed by atoms with Gasteiger partial charge < -0.3 is 42.8 Å². The molecule has 0 N–H and O–H groups in total. The van der Waals surface area contributed by atoms with E-state index in [4.69, 9.17) is 37.9 Å². The van der Waals surface area contributed by atoms with Gasteiger partial charge in [0, 0.05) is 51.0 Å². The number of cyclic esters (lactones) is 1. The number of benzene rings is 1. The Balaban J connectivity index is 1.13. The van der Waals surface area contributed by atoms with E-state index in [2.05, 4.69) is 51.1 Å². The molecule has 0 spiro atoms. The number of rotatable bonds is 10. The third kappa shape index (κ3) is 8.77. The van der Waals surface area contributed by atoms with Gasteiger partial charge >= 0.3 is 5.97 Å². The maximum Gasteiger partial charge on any atom is 0.306 e. The van der Waals surface area contributed by atoms with Crippen LogP contribution < -0.4 is 0 Å². The molecule has 344 valence electrons. The maximum absolute atomic E-state index is 15.3. The van der Waals surface area contributed by atoms with Crippen LogP contribution in [0.4, 0.5) is 0 Å². The first-order chi connectivity index (χ1) is 29.9. The summed E-state index contributed by atoms with van der Waals surface area (Å²) in [5.74, 6) is -1.36. The highest BCUT2D eigenvalue weighted by molar-refractivity contribution is 5.99. The summed E-state index contributed by atoms with van der Waals surface area (Å²) in [6.07, 6.45) is 5.71. The lowest BCUT2D eigenvalue weighted by Crippen LogP contribution is -2.59. The van der Waals surface area contributed by atoms with Crippen LogP contribution in [0.25, 0.3) is 0 Å². The molecular formula is C50H73NO11. The molecule has 6 unspecified atom stereocenters. The van der Waals surface area contributed by atoms with Gasteiger partial charge in [-0.15, -0.1) is 0 Å². The second kappa shape index (κ2) is 19.5. The Morgan fingerprint density at radius 2 is 1.50 bits per heavy atom. The van der Waals surface area contributed by atoms with E-state index in [1.165, 1.54) is 0 Å². The van der Waals surface area contributed by atoms with E-state index in [1.807, 2.05) is 32.0 Å². The molecule has 4 aliphatic carbocycles. The lowest BCUT2D eigenvalue weighted by molar-refractivity contribution is -0.314. The summed E-state index contributed by atoms with van der Waals surface area (Å²) >= 11 is 0. The Morgan fingerprint density at radius 1 is 0.774 bits per heavy atom. The van der Waals surface area contributed by atoms with Gasteiger partial charge in [0.1, 0.15) is 30.2 Å². The number of hydrogen-bond acceptors (Lipinski definition) is 12. The van der Waals surface area contributed by atoms with Gasteiger partial charge in [-0.05, 0) is 126 Å². The fraction of sp³-hybridized carbons (Fsp3) is 0.780. The standard InChI is InChI=1S/C50H73NO11/c1-10-30-17-14-18-40(62-42-20-19-39(51(5)6)27(3)58-42)26(2)45(53)38-24-35-33-21-31(61-50-49(57-9)48(56-8)47(55-7)28(4)59-50)22-34(33)36-23-32(29-15-12-11-13-16-29)46(54)44(36)43(35)37(38)25-41(52)60-30/h11-13,15-16,24,26-28,30-37,39-40,42-44,47-50H,10,14,17-23,25H2,1-9H3/t26-,27?,28?,30+,31+,32?,33-,34-,35+,36?,37-,39+,40+,42+,43-,44?,47+,48?,49+,50+/m1/s1. The van der Waals surface area contributed by atoms with Crippen LogP contribution in [0.15, 0.2) is 42.0 Å². The summed E-state index contributed by atoms with van der Waals surface area (Å²) in [5, 5.41) is 0. The average molecular weight is 864 g/mol. The van der Waals surface area contributed by atoms with Gasteiger partial charge in [-0.3, -0.25) is 14.4 Å². The number of ether oxygens (including phenoxy) is 8. The normalized spacial score (nSPS) is 45.0. The van der Waals surface area contributed by atoms with E-state index >= 15 is 9.59 Å². The van der Waals surface area contributed by atoms with Crippen molar-refractivity contribution in [1.82, 2.24) is 4.90 Å². The van der Waals surface area contributed by atoms with Crippen LogP contribution in [-0.2, 0) is 52.3 Å².